The Morgan fingerprint density at radius 3 is 2.86 bits per heavy atom. The molecule has 0 aromatic heterocycles. The molecule has 2 amide bonds. The van der Waals surface area contributed by atoms with Gasteiger partial charge in [-0.15, -0.1) is 0 Å². The molecule has 1 fully saturated rings. The fraction of sp³-hybridized carbons (Fsp3) is 0.250. The van der Waals surface area contributed by atoms with Crippen LogP contribution in [-0.4, -0.2) is 48.2 Å². The summed E-state index contributed by atoms with van der Waals surface area (Å²) in [4.78, 5) is 25.9. The molecule has 1 atom stereocenters. The van der Waals surface area contributed by atoms with Gasteiger partial charge in [0.25, 0.3) is 5.91 Å². The first-order valence-corrected chi connectivity index (χ1v) is 9.48. The molecule has 0 aliphatic carbocycles. The van der Waals surface area contributed by atoms with Crippen molar-refractivity contribution in [3.8, 4) is 11.5 Å². The van der Waals surface area contributed by atoms with Gasteiger partial charge in [-0.25, -0.2) is 5.43 Å². The molecule has 3 rings (SSSR count). The number of ether oxygens (including phenoxy) is 1. The van der Waals surface area contributed by atoms with Crippen molar-refractivity contribution in [1.29, 1.82) is 0 Å². The lowest BCUT2D eigenvalue weighted by molar-refractivity contribution is -0.133. The number of carbonyl (C=O) groups excluding carboxylic acids is 2. The van der Waals surface area contributed by atoms with Gasteiger partial charge >= 0.3 is 0 Å². The molecule has 1 heterocycles. The number of nitrogens with one attached hydrogen (secondary N) is 1. The lowest BCUT2D eigenvalue weighted by Gasteiger charge is -2.15. The monoisotopic (exact) mass is 445 g/mol. The SMILES string of the molecule is COc1cc(/C=N/NC(=O)CN2CC(c3ccccc3)CC2=O)cc(Br)c1O. The number of carbonyl (C=O) groups is 2. The van der Waals surface area contributed by atoms with Crippen LogP contribution in [0.1, 0.15) is 23.5 Å². The predicted octanol–water partition coefficient (Wildman–Crippen LogP) is 2.63. The van der Waals surface area contributed by atoms with E-state index in [2.05, 4.69) is 26.5 Å². The number of hydrogen-bond acceptors (Lipinski definition) is 5. The highest BCUT2D eigenvalue weighted by atomic mass is 79.9. The molecule has 2 N–H and O–H groups in total. The molecule has 2 aromatic carbocycles. The molecule has 0 bridgehead atoms. The second-order valence-corrected chi connectivity index (χ2v) is 7.29. The van der Waals surface area contributed by atoms with Gasteiger partial charge in [0.15, 0.2) is 11.5 Å². The van der Waals surface area contributed by atoms with Crippen LogP contribution in [0.5, 0.6) is 11.5 Å². The van der Waals surface area contributed by atoms with Crippen molar-refractivity contribution in [2.24, 2.45) is 5.10 Å². The number of hydrogen-bond donors (Lipinski definition) is 2. The van der Waals surface area contributed by atoms with Crippen LogP contribution in [0.15, 0.2) is 52.0 Å². The minimum absolute atomic E-state index is 0.01000. The Balaban J connectivity index is 1.55. The minimum atomic E-state index is -0.372. The molecule has 146 valence electrons. The van der Waals surface area contributed by atoms with Crippen molar-refractivity contribution >= 4 is 34.0 Å². The zero-order valence-corrected chi connectivity index (χ0v) is 16.8. The van der Waals surface area contributed by atoms with Gasteiger partial charge in [-0.05, 0) is 39.2 Å². The van der Waals surface area contributed by atoms with Gasteiger partial charge in [-0.3, -0.25) is 9.59 Å². The number of rotatable bonds is 6. The first-order valence-electron chi connectivity index (χ1n) is 8.69. The number of methoxy groups -OCH3 is 1. The van der Waals surface area contributed by atoms with Crippen molar-refractivity contribution in [1.82, 2.24) is 10.3 Å². The lowest BCUT2D eigenvalue weighted by atomic mass is 9.99. The highest BCUT2D eigenvalue weighted by molar-refractivity contribution is 9.10. The van der Waals surface area contributed by atoms with Crippen LogP contribution in [0.4, 0.5) is 0 Å². The number of amides is 2. The van der Waals surface area contributed by atoms with Crippen LogP contribution in [0.2, 0.25) is 0 Å². The second kappa shape index (κ2) is 8.88. The molecule has 0 spiro atoms. The van der Waals surface area contributed by atoms with Gasteiger partial charge in [-0.1, -0.05) is 30.3 Å². The maximum absolute atomic E-state index is 12.2. The van der Waals surface area contributed by atoms with Crippen molar-refractivity contribution < 1.29 is 19.4 Å². The quantitative estimate of drug-likeness (QED) is 0.527. The normalized spacial score (nSPS) is 16.6. The molecule has 1 unspecified atom stereocenters. The molecule has 2 aromatic rings. The topological polar surface area (TPSA) is 91.2 Å². The Labute approximate surface area is 171 Å². The summed E-state index contributed by atoms with van der Waals surface area (Å²) >= 11 is 3.23. The molecule has 1 aliphatic rings. The van der Waals surface area contributed by atoms with Crippen LogP contribution in [0.25, 0.3) is 0 Å². The molecule has 28 heavy (non-hydrogen) atoms. The van der Waals surface area contributed by atoms with Gasteiger partial charge in [0, 0.05) is 18.9 Å². The molecule has 1 saturated heterocycles. The molecule has 1 aliphatic heterocycles. The third-order valence-electron chi connectivity index (χ3n) is 4.49. The number of nitrogens with zero attached hydrogens (tertiary/aromatic N) is 2. The van der Waals surface area contributed by atoms with E-state index in [0.29, 0.717) is 23.0 Å². The standard InChI is InChI=1S/C20H20BrN3O4/c1-28-17-8-13(7-16(21)20(17)27)10-22-23-18(25)12-24-11-15(9-19(24)26)14-5-3-2-4-6-14/h2-8,10,15,27H,9,11-12H2,1H3,(H,23,25)/b22-10+. The molecule has 8 heteroatoms. The summed E-state index contributed by atoms with van der Waals surface area (Å²) in [5.74, 6) is -0.0314. The van der Waals surface area contributed by atoms with Crippen LogP contribution >= 0.6 is 15.9 Å². The zero-order valence-electron chi connectivity index (χ0n) is 15.3. The van der Waals surface area contributed by atoms with Gasteiger partial charge in [0.2, 0.25) is 5.91 Å². The predicted molar refractivity (Wildman–Crippen MR) is 108 cm³/mol. The number of aromatic hydroxyl groups is 1. The van der Waals surface area contributed by atoms with Crippen LogP contribution < -0.4 is 10.2 Å². The zero-order chi connectivity index (χ0) is 20.1. The molecule has 0 saturated carbocycles. The number of phenols is 1. The summed E-state index contributed by atoms with van der Waals surface area (Å²) in [7, 11) is 1.44. The minimum Gasteiger partial charge on any atom is -0.503 e. The Morgan fingerprint density at radius 1 is 1.39 bits per heavy atom. The van der Waals surface area contributed by atoms with Crippen LogP contribution in [0.3, 0.4) is 0 Å². The summed E-state index contributed by atoms with van der Waals surface area (Å²) in [5, 5.41) is 13.7. The summed E-state index contributed by atoms with van der Waals surface area (Å²) in [5.41, 5.74) is 4.15. The maximum atomic E-state index is 12.2. The molecular weight excluding hydrogens is 426 g/mol. The van der Waals surface area contributed by atoms with Crippen molar-refractivity contribution in [2.45, 2.75) is 12.3 Å². The Hall–Kier alpha value is -2.87. The number of phenolic OH excluding ortho intramolecular Hbond substituents is 1. The largest absolute Gasteiger partial charge is 0.503 e. The molecule has 0 radical (unpaired) electrons. The maximum Gasteiger partial charge on any atom is 0.259 e. The average molecular weight is 446 g/mol. The van der Waals surface area contributed by atoms with E-state index in [1.165, 1.54) is 13.3 Å². The first kappa shape index (κ1) is 19.9. The van der Waals surface area contributed by atoms with E-state index in [4.69, 9.17) is 4.74 Å². The number of halogens is 1. The van der Waals surface area contributed by atoms with Crippen molar-refractivity contribution in [3.63, 3.8) is 0 Å². The van der Waals surface area contributed by atoms with Crippen LogP contribution in [0, 0.1) is 0 Å². The molecular formula is C20H20BrN3O4. The summed E-state index contributed by atoms with van der Waals surface area (Å²) in [6, 6.07) is 13.0. The summed E-state index contributed by atoms with van der Waals surface area (Å²) in [6.07, 6.45) is 1.84. The number of benzene rings is 2. The van der Waals surface area contributed by atoms with E-state index in [1.54, 1.807) is 17.0 Å². The van der Waals surface area contributed by atoms with E-state index < -0.39 is 0 Å². The number of hydrazone groups is 1. The highest BCUT2D eigenvalue weighted by Gasteiger charge is 2.31. The smallest absolute Gasteiger partial charge is 0.259 e. The van der Waals surface area contributed by atoms with E-state index in [-0.39, 0.29) is 35.8 Å². The molecule has 7 nitrogen and oxygen atoms in total. The van der Waals surface area contributed by atoms with Gasteiger partial charge < -0.3 is 14.7 Å². The average Bonchev–Trinajstić information content (AvgIpc) is 3.05. The summed E-state index contributed by atoms with van der Waals surface area (Å²) in [6.45, 7) is 0.476. The van der Waals surface area contributed by atoms with E-state index in [1.807, 2.05) is 30.3 Å². The highest BCUT2D eigenvalue weighted by Crippen LogP contribution is 2.34. The summed E-state index contributed by atoms with van der Waals surface area (Å²) < 4.78 is 5.52. The second-order valence-electron chi connectivity index (χ2n) is 6.43. The van der Waals surface area contributed by atoms with Crippen molar-refractivity contribution in [2.75, 3.05) is 20.2 Å². The van der Waals surface area contributed by atoms with Crippen molar-refractivity contribution in [3.05, 3.63) is 58.1 Å². The Morgan fingerprint density at radius 2 is 2.14 bits per heavy atom. The fourth-order valence-corrected chi connectivity index (χ4v) is 3.54. The Kier molecular flexibility index (Phi) is 6.30. The van der Waals surface area contributed by atoms with Gasteiger partial charge in [0.1, 0.15) is 6.54 Å². The van der Waals surface area contributed by atoms with E-state index in [9.17, 15) is 14.7 Å². The van der Waals surface area contributed by atoms with Gasteiger partial charge in [0.05, 0.1) is 17.8 Å². The fourth-order valence-electron chi connectivity index (χ4n) is 3.08. The van der Waals surface area contributed by atoms with Gasteiger partial charge in [-0.2, -0.15) is 5.10 Å². The van der Waals surface area contributed by atoms with E-state index in [0.717, 1.165) is 5.56 Å². The van der Waals surface area contributed by atoms with E-state index >= 15 is 0 Å². The van der Waals surface area contributed by atoms with Crippen LogP contribution in [-0.2, 0) is 9.59 Å². The third kappa shape index (κ3) is 4.69. The number of likely N-dealkylation sites (tertiary alicyclic amines) is 1. The first-order chi connectivity index (χ1) is 13.5. The third-order valence-corrected chi connectivity index (χ3v) is 5.10. The Bertz CT molecular complexity index is 902. The lowest BCUT2D eigenvalue weighted by Crippen LogP contribution is -2.36.